The Bertz CT molecular complexity index is 426. The minimum Gasteiger partial charge on any atom is -0.362 e. The van der Waals surface area contributed by atoms with Crippen molar-refractivity contribution < 1.29 is 22.7 Å². The first-order chi connectivity index (χ1) is 7.59. The molecule has 1 heterocycles. The molecule has 1 aliphatic rings. The van der Waals surface area contributed by atoms with Crippen LogP contribution in [0.3, 0.4) is 0 Å². The number of hydrogen-bond donors (Lipinski definition) is 1. The van der Waals surface area contributed by atoms with Crippen LogP contribution in [0.5, 0.6) is 0 Å². The van der Waals surface area contributed by atoms with E-state index in [0.717, 1.165) is 6.07 Å². The molecule has 1 saturated heterocycles. The Morgan fingerprint density at radius 3 is 2.56 bits per heavy atom. The number of hydrogen-bond acceptors (Lipinski definition) is 2. The molecule has 1 unspecified atom stereocenters. The second-order valence-electron chi connectivity index (χ2n) is 3.36. The van der Waals surface area contributed by atoms with E-state index in [2.05, 4.69) is 5.32 Å². The van der Waals surface area contributed by atoms with Gasteiger partial charge in [-0.25, -0.2) is 13.2 Å². The lowest BCUT2D eigenvalue weighted by Crippen LogP contribution is -2.39. The minimum absolute atomic E-state index is 0.0733. The highest BCUT2D eigenvalue weighted by atomic mass is 19.2. The van der Waals surface area contributed by atoms with E-state index in [9.17, 15) is 18.0 Å². The number of halogens is 3. The van der Waals surface area contributed by atoms with Crippen LogP contribution in [0.15, 0.2) is 12.1 Å². The third-order valence-electron chi connectivity index (χ3n) is 2.30. The lowest BCUT2D eigenvalue weighted by molar-refractivity contribution is -0.133. The lowest BCUT2D eigenvalue weighted by atomic mass is 10.1. The molecule has 0 radical (unpaired) electrons. The molecule has 3 nitrogen and oxygen atoms in total. The van der Waals surface area contributed by atoms with Gasteiger partial charge in [0.05, 0.1) is 5.56 Å². The number of carbonyl (C=O) groups is 1. The Hall–Kier alpha value is -1.56. The molecule has 0 aromatic heterocycles. The van der Waals surface area contributed by atoms with Crippen molar-refractivity contribution in [3.05, 3.63) is 35.1 Å². The number of nitrogens with one attached hydrogen (secondary N) is 1. The Morgan fingerprint density at radius 1 is 1.25 bits per heavy atom. The summed E-state index contributed by atoms with van der Waals surface area (Å²) in [5.41, 5.74) is -0.486. The summed E-state index contributed by atoms with van der Waals surface area (Å²) in [5.74, 6) is -3.67. The molecule has 2 rings (SSSR count). The molecule has 0 aliphatic carbocycles. The quantitative estimate of drug-likeness (QED) is 0.739. The van der Waals surface area contributed by atoms with Crippen LogP contribution < -0.4 is 5.32 Å². The summed E-state index contributed by atoms with van der Waals surface area (Å²) in [7, 11) is 0. The van der Waals surface area contributed by atoms with Gasteiger partial charge in [0.15, 0.2) is 11.6 Å². The number of morpholine rings is 1. The van der Waals surface area contributed by atoms with Gasteiger partial charge in [-0.3, -0.25) is 4.79 Å². The van der Waals surface area contributed by atoms with Crippen LogP contribution in [0.2, 0.25) is 0 Å². The highest BCUT2D eigenvalue weighted by Crippen LogP contribution is 2.26. The van der Waals surface area contributed by atoms with Crippen molar-refractivity contribution in [2.45, 2.75) is 6.10 Å². The summed E-state index contributed by atoms with van der Waals surface area (Å²) in [4.78, 5) is 10.8. The Labute approximate surface area is 89.2 Å². The van der Waals surface area contributed by atoms with Crippen LogP contribution in [0.1, 0.15) is 11.7 Å². The average Bonchev–Trinajstić information content (AvgIpc) is 2.27. The van der Waals surface area contributed by atoms with Crippen LogP contribution in [-0.4, -0.2) is 19.1 Å². The van der Waals surface area contributed by atoms with Crippen LogP contribution in [0, 0.1) is 17.5 Å². The van der Waals surface area contributed by atoms with Gasteiger partial charge in [-0.15, -0.1) is 0 Å². The van der Waals surface area contributed by atoms with Crippen molar-refractivity contribution in [1.82, 2.24) is 5.32 Å². The van der Waals surface area contributed by atoms with Crippen LogP contribution in [0.4, 0.5) is 13.2 Å². The predicted octanol–water partition coefficient (Wildman–Crippen LogP) is 1.29. The SMILES string of the molecule is O=C1COC(c2c(F)ccc(F)c2F)CN1. The van der Waals surface area contributed by atoms with Crippen molar-refractivity contribution >= 4 is 5.91 Å². The topological polar surface area (TPSA) is 38.3 Å². The maximum absolute atomic E-state index is 13.3. The number of carbonyl (C=O) groups excluding carboxylic acids is 1. The molecule has 86 valence electrons. The minimum atomic E-state index is -1.28. The third kappa shape index (κ3) is 1.88. The van der Waals surface area contributed by atoms with Crippen LogP contribution in [-0.2, 0) is 9.53 Å². The smallest absolute Gasteiger partial charge is 0.246 e. The standard InChI is InChI=1S/C10H8F3NO2/c11-5-1-2-6(12)10(13)9(5)7-3-14-8(15)4-16-7/h1-2,7H,3-4H2,(H,14,15). The van der Waals surface area contributed by atoms with Gasteiger partial charge in [-0.1, -0.05) is 0 Å². The zero-order valence-electron chi connectivity index (χ0n) is 8.10. The Morgan fingerprint density at radius 2 is 1.94 bits per heavy atom. The fourth-order valence-corrected chi connectivity index (χ4v) is 1.52. The molecule has 16 heavy (non-hydrogen) atoms. The van der Waals surface area contributed by atoms with E-state index < -0.39 is 29.1 Å². The number of benzene rings is 1. The number of rotatable bonds is 1. The van der Waals surface area contributed by atoms with Gasteiger partial charge in [0.25, 0.3) is 0 Å². The molecule has 1 fully saturated rings. The molecule has 0 bridgehead atoms. The zero-order valence-corrected chi connectivity index (χ0v) is 8.10. The van der Waals surface area contributed by atoms with Gasteiger partial charge in [0.1, 0.15) is 18.5 Å². The normalized spacial score (nSPS) is 20.7. The van der Waals surface area contributed by atoms with Crippen molar-refractivity contribution in [2.75, 3.05) is 13.2 Å². The summed E-state index contributed by atoms with van der Waals surface area (Å²) in [6.07, 6.45) is -0.992. The van der Waals surface area contributed by atoms with E-state index >= 15 is 0 Å². The van der Waals surface area contributed by atoms with Crippen molar-refractivity contribution in [1.29, 1.82) is 0 Å². The molecular formula is C10H8F3NO2. The first kappa shape index (κ1) is 10.9. The summed E-state index contributed by atoms with van der Waals surface area (Å²) in [6, 6.07) is 1.53. The van der Waals surface area contributed by atoms with Crippen molar-refractivity contribution in [2.24, 2.45) is 0 Å². The Balaban J connectivity index is 2.33. The molecule has 1 aromatic carbocycles. The lowest BCUT2D eigenvalue weighted by Gasteiger charge is -2.24. The van der Waals surface area contributed by atoms with Gasteiger partial charge >= 0.3 is 0 Å². The van der Waals surface area contributed by atoms with Crippen molar-refractivity contribution in [3.8, 4) is 0 Å². The number of ether oxygens (including phenoxy) is 1. The highest BCUT2D eigenvalue weighted by Gasteiger charge is 2.27. The number of amides is 1. The summed E-state index contributed by atoms with van der Waals surface area (Å²) >= 11 is 0. The first-order valence-electron chi connectivity index (χ1n) is 4.61. The van der Waals surface area contributed by atoms with E-state index in [-0.39, 0.29) is 19.1 Å². The van der Waals surface area contributed by atoms with E-state index in [0.29, 0.717) is 6.07 Å². The molecule has 1 aliphatic heterocycles. The van der Waals surface area contributed by atoms with Gasteiger partial charge in [0.2, 0.25) is 5.91 Å². The second kappa shape index (κ2) is 4.13. The van der Waals surface area contributed by atoms with Crippen molar-refractivity contribution in [3.63, 3.8) is 0 Å². The molecule has 1 amide bonds. The second-order valence-corrected chi connectivity index (χ2v) is 3.36. The molecule has 1 aromatic rings. The molecule has 0 saturated carbocycles. The fraction of sp³-hybridized carbons (Fsp3) is 0.300. The van der Waals surface area contributed by atoms with Gasteiger partial charge in [-0.2, -0.15) is 0 Å². The Kier molecular flexibility index (Phi) is 2.82. The molecular weight excluding hydrogens is 223 g/mol. The average molecular weight is 231 g/mol. The van der Waals surface area contributed by atoms with E-state index in [1.165, 1.54) is 0 Å². The maximum atomic E-state index is 13.3. The summed E-state index contributed by atoms with van der Waals surface area (Å²) in [5, 5.41) is 2.38. The molecule has 1 atom stereocenters. The first-order valence-corrected chi connectivity index (χ1v) is 4.61. The van der Waals surface area contributed by atoms with E-state index in [1.807, 2.05) is 0 Å². The van der Waals surface area contributed by atoms with Gasteiger partial charge in [-0.05, 0) is 12.1 Å². The fourth-order valence-electron chi connectivity index (χ4n) is 1.52. The largest absolute Gasteiger partial charge is 0.362 e. The monoisotopic (exact) mass is 231 g/mol. The van der Waals surface area contributed by atoms with Gasteiger partial charge in [0, 0.05) is 6.54 Å². The zero-order chi connectivity index (χ0) is 11.7. The maximum Gasteiger partial charge on any atom is 0.246 e. The molecule has 1 N–H and O–H groups in total. The van der Waals surface area contributed by atoms with Gasteiger partial charge < -0.3 is 10.1 Å². The summed E-state index contributed by atoms with van der Waals surface area (Å²) < 4.78 is 44.5. The predicted molar refractivity (Wildman–Crippen MR) is 48.0 cm³/mol. The van der Waals surface area contributed by atoms with E-state index in [4.69, 9.17) is 4.74 Å². The van der Waals surface area contributed by atoms with Crippen LogP contribution in [0.25, 0.3) is 0 Å². The van der Waals surface area contributed by atoms with E-state index in [1.54, 1.807) is 0 Å². The molecule has 0 spiro atoms. The molecule has 6 heteroatoms. The third-order valence-corrected chi connectivity index (χ3v) is 2.30. The summed E-state index contributed by atoms with van der Waals surface area (Å²) in [6.45, 7) is -0.365. The highest BCUT2D eigenvalue weighted by molar-refractivity contribution is 5.77. The van der Waals surface area contributed by atoms with Crippen LogP contribution >= 0.6 is 0 Å².